The third kappa shape index (κ3) is 2.27. The molecule has 0 radical (unpaired) electrons. The van der Waals surface area contributed by atoms with Gasteiger partial charge in [-0.05, 0) is 30.9 Å². The zero-order valence-corrected chi connectivity index (χ0v) is 10.1. The van der Waals surface area contributed by atoms with E-state index >= 15 is 0 Å². The van der Waals surface area contributed by atoms with Crippen molar-refractivity contribution in [3.63, 3.8) is 0 Å². The van der Waals surface area contributed by atoms with E-state index in [0.717, 1.165) is 29.7 Å². The molecule has 4 heteroatoms. The predicted octanol–water partition coefficient (Wildman–Crippen LogP) is 1.81. The number of aliphatic hydroxyl groups is 1. The zero-order valence-electron chi connectivity index (χ0n) is 10.1. The molecule has 0 bridgehead atoms. The average Bonchev–Trinajstić information content (AvgIpc) is 2.66. The number of nitrogens with one attached hydrogen (secondary N) is 1. The number of aliphatic hydroxyl groups excluding tert-OH is 1. The molecule has 0 amide bonds. The van der Waals surface area contributed by atoms with Crippen molar-refractivity contribution in [2.45, 2.75) is 40.2 Å². The number of carbonyl (C=O) groups is 1. The standard InChI is InChI=1S/C12H19NO3/c1-4-8-9(5-2)11(12(15)16-6-3)13-10(8)7-14/h13-14H,4-7H2,1-3H3. The van der Waals surface area contributed by atoms with Crippen LogP contribution in [0.15, 0.2) is 0 Å². The molecule has 0 saturated carbocycles. The van der Waals surface area contributed by atoms with Crippen LogP contribution in [-0.4, -0.2) is 22.7 Å². The molecular formula is C12H19NO3. The van der Waals surface area contributed by atoms with Gasteiger partial charge in [-0.1, -0.05) is 13.8 Å². The fourth-order valence-electron chi connectivity index (χ4n) is 1.96. The van der Waals surface area contributed by atoms with Crippen LogP contribution in [0, 0.1) is 0 Å². The number of esters is 1. The largest absolute Gasteiger partial charge is 0.461 e. The van der Waals surface area contributed by atoms with E-state index in [9.17, 15) is 9.90 Å². The van der Waals surface area contributed by atoms with Crippen molar-refractivity contribution >= 4 is 5.97 Å². The lowest BCUT2D eigenvalue weighted by atomic mass is 10.0. The van der Waals surface area contributed by atoms with E-state index in [4.69, 9.17) is 4.74 Å². The van der Waals surface area contributed by atoms with Crippen LogP contribution >= 0.6 is 0 Å². The van der Waals surface area contributed by atoms with Gasteiger partial charge < -0.3 is 14.8 Å². The predicted molar refractivity (Wildman–Crippen MR) is 61.4 cm³/mol. The Bertz CT molecular complexity index is 369. The van der Waals surface area contributed by atoms with Crippen LogP contribution in [0.25, 0.3) is 0 Å². The number of H-pyrrole nitrogens is 1. The lowest BCUT2D eigenvalue weighted by molar-refractivity contribution is 0.0518. The number of hydrogen-bond acceptors (Lipinski definition) is 3. The third-order valence-corrected chi connectivity index (χ3v) is 2.65. The first kappa shape index (κ1) is 12.8. The van der Waals surface area contributed by atoms with Crippen LogP contribution in [0.3, 0.4) is 0 Å². The van der Waals surface area contributed by atoms with Crippen molar-refractivity contribution in [1.29, 1.82) is 0 Å². The molecule has 0 aliphatic rings. The highest BCUT2D eigenvalue weighted by molar-refractivity contribution is 5.90. The van der Waals surface area contributed by atoms with Crippen LogP contribution in [0.4, 0.5) is 0 Å². The fraction of sp³-hybridized carbons (Fsp3) is 0.583. The Labute approximate surface area is 95.6 Å². The summed E-state index contributed by atoms with van der Waals surface area (Å²) < 4.78 is 4.98. The van der Waals surface area contributed by atoms with Gasteiger partial charge in [-0.3, -0.25) is 0 Å². The summed E-state index contributed by atoms with van der Waals surface area (Å²) in [7, 11) is 0. The molecule has 0 aliphatic carbocycles. The monoisotopic (exact) mass is 225 g/mol. The highest BCUT2D eigenvalue weighted by Crippen LogP contribution is 2.21. The molecular weight excluding hydrogens is 206 g/mol. The van der Waals surface area contributed by atoms with Gasteiger partial charge in [0.05, 0.1) is 13.2 Å². The van der Waals surface area contributed by atoms with Gasteiger partial charge in [0.25, 0.3) is 0 Å². The SMILES string of the molecule is CCOC(=O)c1[nH]c(CO)c(CC)c1CC. The van der Waals surface area contributed by atoms with Crippen LogP contribution in [-0.2, 0) is 24.2 Å². The van der Waals surface area contributed by atoms with Gasteiger partial charge in [0.1, 0.15) is 5.69 Å². The Hall–Kier alpha value is -1.29. The van der Waals surface area contributed by atoms with E-state index in [0.29, 0.717) is 12.3 Å². The molecule has 0 spiro atoms. The second kappa shape index (κ2) is 5.70. The minimum absolute atomic E-state index is 0.0738. The number of carbonyl (C=O) groups excluding carboxylic acids is 1. The molecule has 90 valence electrons. The van der Waals surface area contributed by atoms with Gasteiger partial charge in [0.2, 0.25) is 0 Å². The maximum absolute atomic E-state index is 11.7. The first-order valence-corrected chi connectivity index (χ1v) is 5.70. The van der Waals surface area contributed by atoms with Crippen molar-refractivity contribution in [1.82, 2.24) is 4.98 Å². The van der Waals surface area contributed by atoms with Gasteiger partial charge in [-0.15, -0.1) is 0 Å². The van der Waals surface area contributed by atoms with Crippen LogP contribution in [0.5, 0.6) is 0 Å². The first-order valence-electron chi connectivity index (χ1n) is 5.70. The van der Waals surface area contributed by atoms with Gasteiger partial charge in [-0.2, -0.15) is 0 Å². The molecule has 0 aliphatic heterocycles. The summed E-state index contributed by atoms with van der Waals surface area (Å²) in [4.78, 5) is 14.6. The quantitative estimate of drug-likeness (QED) is 0.751. The van der Waals surface area contributed by atoms with Crippen molar-refractivity contribution < 1.29 is 14.6 Å². The molecule has 16 heavy (non-hydrogen) atoms. The Morgan fingerprint density at radius 3 is 2.31 bits per heavy atom. The van der Waals surface area contributed by atoms with Gasteiger partial charge in [0, 0.05) is 5.69 Å². The van der Waals surface area contributed by atoms with E-state index in [-0.39, 0.29) is 12.6 Å². The van der Waals surface area contributed by atoms with Crippen molar-refractivity contribution in [2.75, 3.05) is 6.61 Å². The number of ether oxygens (including phenoxy) is 1. The Kier molecular flexibility index (Phi) is 4.55. The molecule has 1 heterocycles. The lowest BCUT2D eigenvalue weighted by Gasteiger charge is -2.03. The van der Waals surface area contributed by atoms with E-state index in [1.807, 2.05) is 13.8 Å². The van der Waals surface area contributed by atoms with E-state index in [2.05, 4.69) is 4.98 Å². The minimum atomic E-state index is -0.339. The summed E-state index contributed by atoms with van der Waals surface area (Å²) in [5, 5.41) is 9.21. The number of rotatable bonds is 5. The van der Waals surface area contributed by atoms with Gasteiger partial charge >= 0.3 is 5.97 Å². The van der Waals surface area contributed by atoms with Crippen LogP contribution in [0.2, 0.25) is 0 Å². The molecule has 0 saturated heterocycles. The Morgan fingerprint density at radius 2 is 1.88 bits per heavy atom. The number of aromatic nitrogens is 1. The van der Waals surface area contributed by atoms with Gasteiger partial charge in [-0.25, -0.2) is 4.79 Å². The highest BCUT2D eigenvalue weighted by atomic mass is 16.5. The molecule has 1 aromatic heterocycles. The summed E-state index contributed by atoms with van der Waals surface area (Å²) >= 11 is 0. The molecule has 4 nitrogen and oxygen atoms in total. The average molecular weight is 225 g/mol. The van der Waals surface area contributed by atoms with Crippen molar-refractivity contribution in [2.24, 2.45) is 0 Å². The van der Waals surface area contributed by atoms with Crippen molar-refractivity contribution in [3.8, 4) is 0 Å². The topological polar surface area (TPSA) is 62.3 Å². The molecule has 0 aromatic carbocycles. The zero-order chi connectivity index (χ0) is 12.1. The summed E-state index contributed by atoms with van der Waals surface area (Å²) in [5.41, 5.74) is 3.21. The normalized spacial score (nSPS) is 10.5. The maximum atomic E-state index is 11.7. The molecule has 1 rings (SSSR count). The highest BCUT2D eigenvalue weighted by Gasteiger charge is 2.20. The summed E-state index contributed by atoms with van der Waals surface area (Å²) in [5.74, 6) is -0.339. The minimum Gasteiger partial charge on any atom is -0.461 e. The number of hydrogen-bond donors (Lipinski definition) is 2. The Morgan fingerprint density at radius 1 is 1.25 bits per heavy atom. The van der Waals surface area contributed by atoms with Crippen LogP contribution < -0.4 is 0 Å². The molecule has 0 unspecified atom stereocenters. The first-order chi connectivity index (χ1) is 7.69. The molecule has 1 aromatic rings. The number of aromatic amines is 1. The second-order valence-corrected chi connectivity index (χ2v) is 3.52. The van der Waals surface area contributed by atoms with E-state index in [1.54, 1.807) is 6.92 Å². The molecule has 0 atom stereocenters. The molecule has 2 N–H and O–H groups in total. The smallest absolute Gasteiger partial charge is 0.355 e. The third-order valence-electron chi connectivity index (χ3n) is 2.65. The summed E-state index contributed by atoms with van der Waals surface area (Å²) in [6, 6.07) is 0. The van der Waals surface area contributed by atoms with Gasteiger partial charge in [0.15, 0.2) is 0 Å². The lowest BCUT2D eigenvalue weighted by Crippen LogP contribution is -2.08. The van der Waals surface area contributed by atoms with Crippen molar-refractivity contribution in [3.05, 3.63) is 22.5 Å². The van der Waals surface area contributed by atoms with Crippen LogP contribution in [0.1, 0.15) is 48.1 Å². The fourth-order valence-corrected chi connectivity index (χ4v) is 1.96. The second-order valence-electron chi connectivity index (χ2n) is 3.52. The van der Waals surface area contributed by atoms with E-state index in [1.165, 1.54) is 0 Å². The Balaban J connectivity index is 3.17. The maximum Gasteiger partial charge on any atom is 0.355 e. The summed E-state index contributed by atoms with van der Waals surface area (Å²) in [6.07, 6.45) is 1.56. The summed E-state index contributed by atoms with van der Waals surface area (Å²) in [6.45, 7) is 6.06. The van der Waals surface area contributed by atoms with E-state index < -0.39 is 0 Å². The molecule has 0 fully saturated rings.